The van der Waals surface area contributed by atoms with Gasteiger partial charge < -0.3 is 10.1 Å². The third kappa shape index (κ3) is 3.23. The van der Waals surface area contributed by atoms with Crippen molar-refractivity contribution in [1.82, 2.24) is 10.2 Å². The summed E-state index contributed by atoms with van der Waals surface area (Å²) < 4.78 is 5.22. The average molecular weight is 200 g/mol. The van der Waals surface area contributed by atoms with Crippen LogP contribution < -0.4 is 5.32 Å². The molecule has 0 aromatic heterocycles. The van der Waals surface area contributed by atoms with Gasteiger partial charge in [-0.05, 0) is 32.9 Å². The fraction of sp³-hybridized carbons (Fsp3) is 1.00. The Hall–Kier alpha value is -0.120. The Kier molecular flexibility index (Phi) is 5.45. The first-order chi connectivity index (χ1) is 6.79. The van der Waals surface area contributed by atoms with Crippen molar-refractivity contribution < 1.29 is 4.74 Å². The van der Waals surface area contributed by atoms with E-state index in [0.717, 1.165) is 19.7 Å². The van der Waals surface area contributed by atoms with Gasteiger partial charge in [-0.2, -0.15) is 0 Å². The van der Waals surface area contributed by atoms with Gasteiger partial charge in [0.2, 0.25) is 0 Å². The van der Waals surface area contributed by atoms with E-state index in [-0.39, 0.29) is 0 Å². The highest BCUT2D eigenvalue weighted by Crippen LogP contribution is 2.13. The molecule has 0 bridgehead atoms. The van der Waals surface area contributed by atoms with Crippen molar-refractivity contribution in [3.05, 3.63) is 0 Å². The molecule has 0 aromatic carbocycles. The van der Waals surface area contributed by atoms with Gasteiger partial charge in [-0.1, -0.05) is 6.92 Å². The maximum atomic E-state index is 5.22. The molecule has 1 heterocycles. The maximum Gasteiger partial charge on any atom is 0.0615 e. The van der Waals surface area contributed by atoms with E-state index in [1.807, 2.05) is 0 Å². The summed E-state index contributed by atoms with van der Waals surface area (Å²) in [5, 5.41) is 3.46. The number of nitrogens with one attached hydrogen (secondary N) is 1. The second kappa shape index (κ2) is 6.38. The van der Waals surface area contributed by atoms with E-state index in [9.17, 15) is 0 Å². The smallest absolute Gasteiger partial charge is 0.0615 e. The van der Waals surface area contributed by atoms with Gasteiger partial charge in [0, 0.05) is 25.7 Å². The van der Waals surface area contributed by atoms with Gasteiger partial charge in [-0.15, -0.1) is 0 Å². The lowest BCUT2D eigenvalue weighted by atomic mass is 10.0. The van der Waals surface area contributed by atoms with Crippen LogP contribution in [0.4, 0.5) is 0 Å². The Morgan fingerprint density at radius 2 is 2.36 bits per heavy atom. The molecular weight excluding hydrogens is 176 g/mol. The molecule has 1 saturated heterocycles. The average Bonchev–Trinajstić information content (AvgIpc) is 2.21. The fourth-order valence-electron chi connectivity index (χ4n) is 2.38. The first-order valence-corrected chi connectivity index (χ1v) is 5.75. The fourth-order valence-corrected chi connectivity index (χ4v) is 2.38. The van der Waals surface area contributed by atoms with Gasteiger partial charge in [-0.25, -0.2) is 0 Å². The summed E-state index contributed by atoms with van der Waals surface area (Å²) in [5.41, 5.74) is 0. The van der Waals surface area contributed by atoms with Crippen molar-refractivity contribution in [3.63, 3.8) is 0 Å². The van der Waals surface area contributed by atoms with Crippen molar-refractivity contribution in [2.45, 2.75) is 38.8 Å². The Morgan fingerprint density at radius 3 is 2.86 bits per heavy atom. The van der Waals surface area contributed by atoms with Gasteiger partial charge in [0.1, 0.15) is 0 Å². The van der Waals surface area contributed by atoms with Crippen LogP contribution in [-0.2, 0) is 4.74 Å². The van der Waals surface area contributed by atoms with Crippen LogP contribution >= 0.6 is 0 Å². The molecule has 1 aliphatic rings. The molecule has 1 aliphatic heterocycles. The Bertz CT molecular complexity index is 146. The molecule has 0 radical (unpaired) electrons. The molecule has 0 aromatic rings. The summed E-state index contributed by atoms with van der Waals surface area (Å²) in [4.78, 5) is 2.55. The number of methoxy groups -OCH3 is 1. The monoisotopic (exact) mass is 200 g/mol. The number of likely N-dealkylation sites (N-methyl/N-ethyl adjacent to an activating group) is 1. The van der Waals surface area contributed by atoms with Crippen molar-refractivity contribution >= 4 is 0 Å². The molecule has 3 nitrogen and oxygen atoms in total. The Labute approximate surface area is 87.8 Å². The minimum absolute atomic E-state index is 0.537. The molecular formula is C11H24N2O. The van der Waals surface area contributed by atoms with Crippen molar-refractivity contribution in [2.24, 2.45) is 0 Å². The van der Waals surface area contributed by atoms with Crippen LogP contribution in [0.3, 0.4) is 0 Å². The zero-order chi connectivity index (χ0) is 10.4. The van der Waals surface area contributed by atoms with Crippen LogP contribution in [0.5, 0.6) is 0 Å². The lowest BCUT2D eigenvalue weighted by Crippen LogP contribution is -2.50. The van der Waals surface area contributed by atoms with E-state index in [1.54, 1.807) is 7.11 Å². The molecule has 1 fully saturated rings. The third-order valence-corrected chi connectivity index (χ3v) is 3.08. The molecule has 0 spiro atoms. The number of piperidine rings is 1. The zero-order valence-corrected chi connectivity index (χ0v) is 9.75. The second-order valence-electron chi connectivity index (χ2n) is 4.13. The van der Waals surface area contributed by atoms with Gasteiger partial charge in [-0.3, -0.25) is 4.90 Å². The minimum Gasteiger partial charge on any atom is -0.383 e. The van der Waals surface area contributed by atoms with E-state index in [0.29, 0.717) is 12.1 Å². The first kappa shape index (κ1) is 12.0. The summed E-state index contributed by atoms with van der Waals surface area (Å²) in [6.07, 6.45) is 2.63. The molecule has 84 valence electrons. The summed E-state index contributed by atoms with van der Waals surface area (Å²) in [7, 11) is 1.78. The number of hydrogen-bond donors (Lipinski definition) is 1. The van der Waals surface area contributed by atoms with Crippen LogP contribution in [0.25, 0.3) is 0 Å². The van der Waals surface area contributed by atoms with E-state index < -0.39 is 0 Å². The van der Waals surface area contributed by atoms with E-state index in [4.69, 9.17) is 4.74 Å². The molecule has 3 heteroatoms. The molecule has 0 saturated carbocycles. The van der Waals surface area contributed by atoms with Crippen molar-refractivity contribution in [2.75, 3.05) is 33.4 Å². The van der Waals surface area contributed by atoms with Crippen molar-refractivity contribution in [1.29, 1.82) is 0 Å². The molecule has 1 rings (SSSR count). The van der Waals surface area contributed by atoms with E-state index >= 15 is 0 Å². The highest BCUT2D eigenvalue weighted by molar-refractivity contribution is 4.81. The van der Waals surface area contributed by atoms with Crippen LogP contribution in [-0.4, -0.2) is 50.3 Å². The predicted molar refractivity (Wildman–Crippen MR) is 59.6 cm³/mol. The molecule has 2 atom stereocenters. The van der Waals surface area contributed by atoms with Crippen LogP contribution in [0.2, 0.25) is 0 Å². The zero-order valence-electron chi connectivity index (χ0n) is 9.75. The minimum atomic E-state index is 0.537. The molecule has 14 heavy (non-hydrogen) atoms. The Morgan fingerprint density at radius 1 is 1.57 bits per heavy atom. The number of nitrogens with zero attached hydrogens (tertiary/aromatic N) is 1. The summed E-state index contributed by atoms with van der Waals surface area (Å²) in [6, 6.07) is 1.24. The number of hydrogen-bond acceptors (Lipinski definition) is 3. The molecule has 0 aliphatic carbocycles. The van der Waals surface area contributed by atoms with Gasteiger partial charge in [0.15, 0.2) is 0 Å². The standard InChI is InChI=1S/C11H24N2O/c1-4-13(10(2)9-14-3)11-6-5-7-12-8-11/h10-12H,4-9H2,1-3H3. The lowest BCUT2D eigenvalue weighted by Gasteiger charge is -2.37. The third-order valence-electron chi connectivity index (χ3n) is 3.08. The summed E-state index contributed by atoms with van der Waals surface area (Å²) >= 11 is 0. The molecule has 2 unspecified atom stereocenters. The van der Waals surface area contributed by atoms with Crippen LogP contribution in [0.1, 0.15) is 26.7 Å². The van der Waals surface area contributed by atoms with Gasteiger partial charge in [0.05, 0.1) is 6.61 Å². The second-order valence-corrected chi connectivity index (χ2v) is 4.13. The quantitative estimate of drug-likeness (QED) is 0.719. The summed E-state index contributed by atoms with van der Waals surface area (Å²) in [5.74, 6) is 0. The first-order valence-electron chi connectivity index (χ1n) is 5.75. The van der Waals surface area contributed by atoms with E-state index in [2.05, 4.69) is 24.1 Å². The molecule has 1 N–H and O–H groups in total. The lowest BCUT2D eigenvalue weighted by molar-refractivity contribution is 0.0640. The normalized spacial score (nSPS) is 25.3. The Balaban J connectivity index is 2.41. The van der Waals surface area contributed by atoms with Gasteiger partial charge in [0.25, 0.3) is 0 Å². The van der Waals surface area contributed by atoms with Crippen LogP contribution in [0.15, 0.2) is 0 Å². The van der Waals surface area contributed by atoms with Crippen molar-refractivity contribution in [3.8, 4) is 0 Å². The largest absolute Gasteiger partial charge is 0.383 e. The van der Waals surface area contributed by atoms with E-state index in [1.165, 1.54) is 19.4 Å². The van der Waals surface area contributed by atoms with Crippen LogP contribution in [0, 0.1) is 0 Å². The SMILES string of the molecule is CCN(C(C)COC)C1CCCNC1. The van der Waals surface area contributed by atoms with Gasteiger partial charge >= 0.3 is 0 Å². The highest BCUT2D eigenvalue weighted by atomic mass is 16.5. The molecule has 0 amide bonds. The topological polar surface area (TPSA) is 24.5 Å². The highest BCUT2D eigenvalue weighted by Gasteiger charge is 2.23. The predicted octanol–water partition coefficient (Wildman–Crippen LogP) is 1.10. The number of ether oxygens (including phenoxy) is 1. The maximum absolute atomic E-state index is 5.22. The number of rotatable bonds is 5. The summed E-state index contributed by atoms with van der Waals surface area (Å²) in [6.45, 7) is 8.78.